The van der Waals surface area contributed by atoms with Gasteiger partial charge in [-0.15, -0.1) is 0 Å². The Balaban J connectivity index is 1.75. The van der Waals surface area contributed by atoms with Gasteiger partial charge in [0.15, 0.2) is 0 Å². The first-order chi connectivity index (χ1) is 9.23. The van der Waals surface area contributed by atoms with Crippen molar-refractivity contribution in [2.75, 3.05) is 38.2 Å². The molecule has 3 heterocycles. The molecule has 4 heteroatoms. The van der Waals surface area contributed by atoms with Crippen LogP contribution in [0.3, 0.4) is 0 Å². The van der Waals surface area contributed by atoms with Crippen LogP contribution in [-0.2, 0) is 0 Å². The fourth-order valence-electron chi connectivity index (χ4n) is 3.49. The third kappa shape index (κ3) is 2.29. The lowest BCUT2D eigenvalue weighted by molar-refractivity contribution is 0.198. The summed E-state index contributed by atoms with van der Waals surface area (Å²) in [4.78, 5) is 9.31. The van der Waals surface area contributed by atoms with Crippen LogP contribution in [0.2, 0.25) is 0 Å². The van der Waals surface area contributed by atoms with Crippen LogP contribution in [0, 0.1) is 0 Å². The van der Waals surface area contributed by atoms with Gasteiger partial charge in [-0.3, -0.25) is 9.88 Å². The summed E-state index contributed by atoms with van der Waals surface area (Å²) in [7, 11) is 2.27. The van der Waals surface area contributed by atoms with E-state index in [1.807, 2.05) is 13.1 Å². The Bertz CT molecular complexity index is 451. The van der Waals surface area contributed by atoms with E-state index in [9.17, 15) is 0 Å². The zero-order chi connectivity index (χ0) is 13.3. The largest absolute Gasteiger partial charge is 0.492 e. The lowest BCUT2D eigenvalue weighted by Gasteiger charge is -2.32. The first kappa shape index (κ1) is 12.7. The van der Waals surface area contributed by atoms with E-state index in [-0.39, 0.29) is 0 Å². The van der Waals surface area contributed by atoms with Crippen LogP contribution in [0.25, 0.3) is 0 Å². The summed E-state index contributed by atoms with van der Waals surface area (Å²) < 4.78 is 5.54. The lowest BCUT2D eigenvalue weighted by atomic mass is 9.96. The zero-order valence-electron chi connectivity index (χ0n) is 11.9. The van der Waals surface area contributed by atoms with E-state index in [1.54, 1.807) is 6.20 Å². The number of nitrogens with zero attached hydrogens (tertiary/aromatic N) is 3. The van der Waals surface area contributed by atoms with Gasteiger partial charge in [0.25, 0.3) is 0 Å². The highest BCUT2D eigenvalue weighted by molar-refractivity contribution is 5.50. The average Bonchev–Trinajstić information content (AvgIpc) is 3.00. The van der Waals surface area contributed by atoms with Crippen LogP contribution in [0.4, 0.5) is 5.69 Å². The van der Waals surface area contributed by atoms with E-state index in [2.05, 4.69) is 27.9 Å². The van der Waals surface area contributed by atoms with E-state index in [1.165, 1.54) is 31.5 Å². The van der Waals surface area contributed by atoms with E-state index < -0.39 is 0 Å². The predicted molar refractivity (Wildman–Crippen MR) is 76.8 cm³/mol. The summed E-state index contributed by atoms with van der Waals surface area (Å²) >= 11 is 0. The van der Waals surface area contributed by atoms with Crippen LogP contribution in [-0.4, -0.2) is 48.7 Å². The van der Waals surface area contributed by atoms with E-state index in [0.29, 0.717) is 12.1 Å². The SMILES string of the molecule is CCOc1cncc(N2CC[C@]3(CCCN3C)C2)c1. The maximum Gasteiger partial charge on any atom is 0.139 e. The van der Waals surface area contributed by atoms with Crippen molar-refractivity contribution in [1.29, 1.82) is 0 Å². The number of aromatic nitrogens is 1. The molecule has 0 amide bonds. The Hall–Kier alpha value is -1.29. The summed E-state index contributed by atoms with van der Waals surface area (Å²) in [5.74, 6) is 0.876. The van der Waals surface area contributed by atoms with Gasteiger partial charge in [-0.1, -0.05) is 0 Å². The van der Waals surface area contributed by atoms with Crippen molar-refractivity contribution in [3.05, 3.63) is 18.5 Å². The van der Waals surface area contributed by atoms with Crippen molar-refractivity contribution in [3.63, 3.8) is 0 Å². The Labute approximate surface area is 115 Å². The second kappa shape index (κ2) is 5.00. The van der Waals surface area contributed by atoms with E-state index in [4.69, 9.17) is 4.74 Å². The number of anilines is 1. The van der Waals surface area contributed by atoms with Crippen LogP contribution in [0.1, 0.15) is 26.2 Å². The van der Waals surface area contributed by atoms with Gasteiger partial charge in [0.05, 0.1) is 24.7 Å². The molecule has 0 unspecified atom stereocenters. The van der Waals surface area contributed by atoms with Gasteiger partial charge in [-0.05, 0) is 39.8 Å². The molecule has 1 aromatic rings. The highest BCUT2D eigenvalue weighted by atomic mass is 16.5. The first-order valence-electron chi connectivity index (χ1n) is 7.27. The minimum Gasteiger partial charge on any atom is -0.492 e. The van der Waals surface area contributed by atoms with Crippen LogP contribution >= 0.6 is 0 Å². The Morgan fingerprint density at radius 2 is 2.21 bits per heavy atom. The van der Waals surface area contributed by atoms with Crippen molar-refractivity contribution >= 4 is 5.69 Å². The van der Waals surface area contributed by atoms with Crippen molar-refractivity contribution in [2.45, 2.75) is 31.7 Å². The Morgan fingerprint density at radius 1 is 1.32 bits per heavy atom. The van der Waals surface area contributed by atoms with E-state index >= 15 is 0 Å². The van der Waals surface area contributed by atoms with E-state index in [0.717, 1.165) is 18.8 Å². The molecule has 0 aromatic carbocycles. The molecule has 0 radical (unpaired) electrons. The summed E-state index contributed by atoms with van der Waals surface area (Å²) in [5.41, 5.74) is 1.60. The number of rotatable bonds is 3. The maximum atomic E-state index is 5.54. The summed E-state index contributed by atoms with van der Waals surface area (Å²) in [5, 5.41) is 0. The lowest BCUT2D eigenvalue weighted by Crippen LogP contribution is -2.43. The van der Waals surface area contributed by atoms with Crippen molar-refractivity contribution in [1.82, 2.24) is 9.88 Å². The molecule has 104 valence electrons. The number of hydrogen-bond acceptors (Lipinski definition) is 4. The molecular formula is C15H23N3O. The first-order valence-corrected chi connectivity index (χ1v) is 7.27. The Kier molecular flexibility index (Phi) is 3.35. The van der Waals surface area contributed by atoms with Gasteiger partial charge < -0.3 is 9.64 Å². The quantitative estimate of drug-likeness (QED) is 0.833. The molecule has 2 aliphatic rings. The average molecular weight is 261 g/mol. The molecule has 0 N–H and O–H groups in total. The van der Waals surface area contributed by atoms with Gasteiger partial charge >= 0.3 is 0 Å². The molecule has 0 aliphatic carbocycles. The third-order valence-corrected chi connectivity index (χ3v) is 4.65. The third-order valence-electron chi connectivity index (χ3n) is 4.65. The number of hydrogen-bond donors (Lipinski definition) is 0. The molecule has 4 nitrogen and oxygen atoms in total. The summed E-state index contributed by atoms with van der Waals surface area (Å²) in [6.45, 7) is 6.19. The second-order valence-electron chi connectivity index (χ2n) is 5.73. The topological polar surface area (TPSA) is 28.6 Å². The Morgan fingerprint density at radius 3 is 2.95 bits per heavy atom. The molecule has 0 bridgehead atoms. The minimum atomic E-state index is 0.404. The minimum absolute atomic E-state index is 0.404. The van der Waals surface area contributed by atoms with Gasteiger partial charge in [0, 0.05) is 24.7 Å². The fraction of sp³-hybridized carbons (Fsp3) is 0.667. The monoisotopic (exact) mass is 261 g/mol. The molecule has 2 aliphatic heterocycles. The standard InChI is InChI=1S/C15H23N3O/c1-3-19-14-9-13(10-16-11-14)18-8-6-15(12-18)5-4-7-17(15)2/h9-11H,3-8,12H2,1-2H3/t15-/m1/s1. The smallest absolute Gasteiger partial charge is 0.139 e. The molecule has 1 aromatic heterocycles. The molecule has 3 rings (SSSR count). The van der Waals surface area contributed by atoms with Gasteiger partial charge in [-0.25, -0.2) is 0 Å². The summed E-state index contributed by atoms with van der Waals surface area (Å²) in [6.07, 6.45) is 7.68. The van der Waals surface area contributed by atoms with Crippen molar-refractivity contribution in [2.24, 2.45) is 0 Å². The van der Waals surface area contributed by atoms with Gasteiger partial charge in [-0.2, -0.15) is 0 Å². The molecule has 1 spiro atoms. The highest BCUT2D eigenvalue weighted by Gasteiger charge is 2.44. The molecule has 19 heavy (non-hydrogen) atoms. The molecule has 2 fully saturated rings. The number of likely N-dealkylation sites (tertiary alicyclic amines) is 1. The van der Waals surface area contributed by atoms with Crippen LogP contribution in [0.5, 0.6) is 5.75 Å². The summed E-state index contributed by atoms with van der Waals surface area (Å²) in [6, 6.07) is 2.12. The normalized spacial score (nSPS) is 27.4. The van der Waals surface area contributed by atoms with Crippen molar-refractivity contribution in [3.8, 4) is 5.75 Å². The van der Waals surface area contributed by atoms with Crippen LogP contribution < -0.4 is 9.64 Å². The molecule has 1 atom stereocenters. The number of ether oxygens (including phenoxy) is 1. The van der Waals surface area contributed by atoms with Crippen molar-refractivity contribution < 1.29 is 4.74 Å². The zero-order valence-corrected chi connectivity index (χ0v) is 11.9. The fourth-order valence-corrected chi connectivity index (χ4v) is 3.49. The predicted octanol–water partition coefficient (Wildman–Crippen LogP) is 2.15. The molecular weight excluding hydrogens is 238 g/mol. The van der Waals surface area contributed by atoms with Gasteiger partial charge in [0.1, 0.15) is 5.75 Å². The number of likely N-dealkylation sites (N-methyl/N-ethyl adjacent to an activating group) is 1. The second-order valence-corrected chi connectivity index (χ2v) is 5.73. The van der Waals surface area contributed by atoms with Gasteiger partial charge in [0.2, 0.25) is 0 Å². The molecule has 0 saturated carbocycles. The highest BCUT2D eigenvalue weighted by Crippen LogP contribution is 2.38. The maximum absolute atomic E-state index is 5.54. The number of pyridine rings is 1. The van der Waals surface area contributed by atoms with Crippen LogP contribution in [0.15, 0.2) is 18.5 Å². The molecule has 2 saturated heterocycles.